The van der Waals surface area contributed by atoms with E-state index in [-0.39, 0.29) is 0 Å². The molecule has 0 aromatic heterocycles. The fourth-order valence-electron chi connectivity index (χ4n) is 1.89. The molecule has 0 unspecified atom stereocenters. The molecule has 0 aliphatic heterocycles. The van der Waals surface area contributed by atoms with Crippen molar-refractivity contribution >= 4 is 11.8 Å². The predicted octanol–water partition coefficient (Wildman–Crippen LogP) is 2.41. The number of benzene rings is 1. The van der Waals surface area contributed by atoms with Gasteiger partial charge in [-0.1, -0.05) is 0 Å². The van der Waals surface area contributed by atoms with Gasteiger partial charge in [-0.25, -0.2) is 0 Å². The number of methoxy groups -OCH3 is 2. The topological polar surface area (TPSA) is 38.7 Å². The molecular formula is C12H16O3S. The average Bonchev–Trinajstić information content (AvgIpc) is 3.06. The summed E-state index contributed by atoms with van der Waals surface area (Å²) < 4.78 is 10.6. The van der Waals surface area contributed by atoms with Crippen LogP contribution in [0, 0.1) is 0 Å². The van der Waals surface area contributed by atoms with Crippen LogP contribution in [0.5, 0.6) is 11.5 Å². The zero-order valence-corrected chi connectivity index (χ0v) is 10.6. The quantitative estimate of drug-likeness (QED) is 0.820. The van der Waals surface area contributed by atoms with Crippen LogP contribution in [0.25, 0.3) is 0 Å². The number of hydrogen-bond donors (Lipinski definition) is 1. The molecule has 0 radical (unpaired) electrons. The second-order valence-corrected chi connectivity index (χ2v) is 4.73. The van der Waals surface area contributed by atoms with Gasteiger partial charge in [0, 0.05) is 5.56 Å². The Hall–Kier alpha value is -0.870. The van der Waals surface area contributed by atoms with Crippen molar-refractivity contribution in [2.75, 3.05) is 20.5 Å². The molecule has 0 saturated heterocycles. The van der Waals surface area contributed by atoms with Crippen molar-refractivity contribution in [2.24, 2.45) is 0 Å². The Morgan fingerprint density at radius 3 is 2.19 bits per heavy atom. The maximum atomic E-state index is 10.3. The SMILES string of the molecule is COc1ccc(OC)c(C2(O)CC2)c1SC. The van der Waals surface area contributed by atoms with Crippen molar-refractivity contribution in [1.29, 1.82) is 0 Å². The van der Waals surface area contributed by atoms with E-state index in [2.05, 4.69) is 0 Å². The second-order valence-electron chi connectivity index (χ2n) is 3.91. The summed E-state index contributed by atoms with van der Waals surface area (Å²) in [5, 5.41) is 10.3. The normalized spacial score (nSPS) is 17.0. The lowest BCUT2D eigenvalue weighted by Gasteiger charge is -2.19. The van der Waals surface area contributed by atoms with Crippen LogP contribution in [0.4, 0.5) is 0 Å². The fourth-order valence-corrected chi connectivity index (χ4v) is 2.74. The number of rotatable bonds is 4. The van der Waals surface area contributed by atoms with Gasteiger partial charge in [-0.3, -0.25) is 0 Å². The van der Waals surface area contributed by atoms with Gasteiger partial charge in [-0.05, 0) is 31.2 Å². The van der Waals surface area contributed by atoms with Gasteiger partial charge in [0.2, 0.25) is 0 Å². The molecule has 0 heterocycles. The van der Waals surface area contributed by atoms with Crippen LogP contribution in [0.1, 0.15) is 18.4 Å². The third kappa shape index (κ3) is 1.76. The van der Waals surface area contributed by atoms with E-state index in [0.717, 1.165) is 34.8 Å². The largest absolute Gasteiger partial charge is 0.496 e. The lowest BCUT2D eigenvalue weighted by atomic mass is 10.1. The molecule has 1 N–H and O–H groups in total. The molecule has 3 nitrogen and oxygen atoms in total. The monoisotopic (exact) mass is 240 g/mol. The van der Waals surface area contributed by atoms with E-state index in [1.165, 1.54) is 0 Å². The maximum Gasteiger partial charge on any atom is 0.133 e. The first-order valence-electron chi connectivity index (χ1n) is 5.18. The summed E-state index contributed by atoms with van der Waals surface area (Å²) in [5.74, 6) is 1.54. The summed E-state index contributed by atoms with van der Waals surface area (Å²) >= 11 is 1.58. The molecule has 1 aromatic carbocycles. The van der Waals surface area contributed by atoms with Crippen LogP contribution < -0.4 is 9.47 Å². The molecule has 1 aliphatic rings. The van der Waals surface area contributed by atoms with Crippen LogP contribution in [-0.2, 0) is 5.60 Å². The molecule has 2 rings (SSSR count). The van der Waals surface area contributed by atoms with Crippen LogP contribution in [0.3, 0.4) is 0 Å². The Morgan fingerprint density at radius 1 is 1.19 bits per heavy atom. The summed E-state index contributed by atoms with van der Waals surface area (Å²) in [6, 6.07) is 3.73. The molecule has 0 bridgehead atoms. The van der Waals surface area contributed by atoms with Crippen LogP contribution in [0.15, 0.2) is 17.0 Å². The summed E-state index contributed by atoms with van der Waals surface area (Å²) in [6.45, 7) is 0. The Balaban J connectivity index is 2.59. The molecular weight excluding hydrogens is 224 g/mol. The van der Waals surface area contributed by atoms with Gasteiger partial charge < -0.3 is 14.6 Å². The highest BCUT2D eigenvalue weighted by Gasteiger charge is 2.46. The van der Waals surface area contributed by atoms with E-state index >= 15 is 0 Å². The van der Waals surface area contributed by atoms with Crippen molar-refractivity contribution in [3.8, 4) is 11.5 Å². The van der Waals surface area contributed by atoms with Crippen LogP contribution in [0.2, 0.25) is 0 Å². The van der Waals surface area contributed by atoms with Crippen molar-refractivity contribution in [1.82, 2.24) is 0 Å². The van der Waals surface area contributed by atoms with Gasteiger partial charge in [-0.15, -0.1) is 11.8 Å². The molecule has 88 valence electrons. The summed E-state index contributed by atoms with van der Waals surface area (Å²) in [5.41, 5.74) is 0.167. The maximum absolute atomic E-state index is 10.3. The molecule has 1 aliphatic carbocycles. The van der Waals surface area contributed by atoms with Crippen molar-refractivity contribution < 1.29 is 14.6 Å². The first-order valence-corrected chi connectivity index (χ1v) is 6.40. The van der Waals surface area contributed by atoms with Crippen LogP contribution >= 0.6 is 11.8 Å². The van der Waals surface area contributed by atoms with Gasteiger partial charge >= 0.3 is 0 Å². The molecule has 0 atom stereocenters. The van der Waals surface area contributed by atoms with Gasteiger partial charge in [-0.2, -0.15) is 0 Å². The Morgan fingerprint density at radius 2 is 1.75 bits per heavy atom. The highest BCUT2D eigenvalue weighted by molar-refractivity contribution is 7.98. The Labute approximate surface area is 99.8 Å². The van der Waals surface area contributed by atoms with E-state index in [1.54, 1.807) is 26.0 Å². The first-order chi connectivity index (χ1) is 7.66. The lowest BCUT2D eigenvalue weighted by Crippen LogP contribution is -2.09. The second kappa shape index (κ2) is 4.18. The smallest absolute Gasteiger partial charge is 0.133 e. The molecule has 1 fully saturated rings. The van der Waals surface area contributed by atoms with Crippen molar-refractivity contribution in [3.63, 3.8) is 0 Å². The third-order valence-electron chi connectivity index (χ3n) is 2.92. The zero-order valence-electron chi connectivity index (χ0n) is 9.74. The zero-order chi connectivity index (χ0) is 11.8. The minimum Gasteiger partial charge on any atom is -0.496 e. The minimum absolute atomic E-state index is 0.710. The molecule has 0 amide bonds. The van der Waals surface area contributed by atoms with E-state index in [4.69, 9.17) is 9.47 Å². The predicted molar refractivity (Wildman–Crippen MR) is 64.5 cm³/mol. The highest BCUT2D eigenvalue weighted by atomic mass is 32.2. The van der Waals surface area contributed by atoms with Crippen molar-refractivity contribution in [2.45, 2.75) is 23.3 Å². The lowest BCUT2D eigenvalue weighted by molar-refractivity contribution is 0.143. The van der Waals surface area contributed by atoms with Gasteiger partial charge in [0.1, 0.15) is 11.5 Å². The van der Waals surface area contributed by atoms with Gasteiger partial charge in [0.05, 0.1) is 24.7 Å². The van der Waals surface area contributed by atoms with E-state index in [9.17, 15) is 5.11 Å². The van der Waals surface area contributed by atoms with Gasteiger partial charge in [0.15, 0.2) is 0 Å². The first kappa shape index (κ1) is 11.6. The summed E-state index contributed by atoms with van der Waals surface area (Å²) in [6.07, 6.45) is 3.57. The molecule has 16 heavy (non-hydrogen) atoms. The highest BCUT2D eigenvalue weighted by Crippen LogP contribution is 2.53. The fraction of sp³-hybridized carbons (Fsp3) is 0.500. The van der Waals surface area contributed by atoms with Gasteiger partial charge in [0.25, 0.3) is 0 Å². The van der Waals surface area contributed by atoms with E-state index in [1.807, 2.05) is 18.4 Å². The van der Waals surface area contributed by atoms with E-state index in [0.29, 0.717) is 0 Å². The Bertz CT molecular complexity index is 399. The van der Waals surface area contributed by atoms with Crippen LogP contribution in [-0.4, -0.2) is 25.6 Å². The summed E-state index contributed by atoms with van der Waals surface area (Å²) in [7, 11) is 3.27. The molecule has 4 heteroatoms. The third-order valence-corrected chi connectivity index (χ3v) is 3.73. The number of ether oxygens (including phenoxy) is 2. The number of aliphatic hydroxyl groups is 1. The van der Waals surface area contributed by atoms with Crippen molar-refractivity contribution in [3.05, 3.63) is 17.7 Å². The number of hydrogen-bond acceptors (Lipinski definition) is 4. The molecule has 1 aromatic rings. The standard InChI is InChI=1S/C12H16O3S/c1-14-8-4-5-9(15-2)11(16-3)10(8)12(13)6-7-12/h4-5,13H,6-7H2,1-3H3. The molecule has 1 saturated carbocycles. The average molecular weight is 240 g/mol. The Kier molecular flexibility index (Phi) is 3.04. The summed E-state index contributed by atoms with van der Waals surface area (Å²) in [4.78, 5) is 0.974. The van der Waals surface area contributed by atoms with E-state index < -0.39 is 5.60 Å². The minimum atomic E-state index is -0.710. The number of thioether (sulfide) groups is 1. The molecule has 0 spiro atoms.